The van der Waals surface area contributed by atoms with Crippen molar-refractivity contribution in [2.45, 2.75) is 72.1 Å². The van der Waals surface area contributed by atoms with E-state index in [9.17, 15) is 0 Å². The Morgan fingerprint density at radius 1 is 0.938 bits per heavy atom. The third-order valence-electron chi connectivity index (χ3n) is 5.49. The largest absolute Gasteiger partial charge is 0.0651 e. The minimum atomic E-state index is 1.02. The summed E-state index contributed by atoms with van der Waals surface area (Å²) in [6.45, 7) is 7.33. The fraction of sp³-hybridized carbons (Fsp3) is 1.00. The molecule has 94 valence electrons. The molecule has 0 bridgehead atoms. The monoisotopic (exact) mass is 222 g/mol. The fourth-order valence-corrected chi connectivity index (χ4v) is 4.50. The van der Waals surface area contributed by atoms with Gasteiger partial charge in [0.05, 0.1) is 0 Å². The molecule has 0 aromatic rings. The molecule has 4 atom stereocenters. The molecule has 0 aliphatic heterocycles. The first kappa shape index (κ1) is 12.5. The van der Waals surface area contributed by atoms with Gasteiger partial charge in [-0.05, 0) is 36.0 Å². The van der Waals surface area contributed by atoms with Gasteiger partial charge in [-0.15, -0.1) is 0 Å². The molecular formula is C16H30. The predicted octanol–water partition coefficient (Wildman–Crippen LogP) is 5.28. The second-order valence-electron chi connectivity index (χ2n) is 6.36. The average molecular weight is 222 g/mol. The van der Waals surface area contributed by atoms with Gasteiger partial charge in [0, 0.05) is 0 Å². The molecule has 0 heterocycles. The Balaban J connectivity index is 1.97. The smallest absolute Gasteiger partial charge is 0.0321 e. The van der Waals surface area contributed by atoms with Crippen LogP contribution in [0.3, 0.4) is 0 Å². The summed E-state index contributed by atoms with van der Waals surface area (Å²) in [4.78, 5) is 0. The van der Waals surface area contributed by atoms with Crippen molar-refractivity contribution in [1.29, 1.82) is 0 Å². The zero-order valence-electron chi connectivity index (χ0n) is 11.5. The van der Waals surface area contributed by atoms with Crippen LogP contribution in [0.4, 0.5) is 0 Å². The molecule has 2 rings (SSSR count). The van der Waals surface area contributed by atoms with Crippen LogP contribution in [0.2, 0.25) is 0 Å². The molecule has 2 aliphatic rings. The third-order valence-corrected chi connectivity index (χ3v) is 5.49. The lowest BCUT2D eigenvalue weighted by atomic mass is 9.90. The van der Waals surface area contributed by atoms with Gasteiger partial charge >= 0.3 is 0 Å². The molecule has 0 saturated heterocycles. The summed E-state index contributed by atoms with van der Waals surface area (Å²) in [6, 6.07) is 0. The molecule has 16 heavy (non-hydrogen) atoms. The van der Waals surface area contributed by atoms with E-state index < -0.39 is 0 Å². The minimum Gasteiger partial charge on any atom is -0.0651 e. The van der Waals surface area contributed by atoms with E-state index in [1.165, 1.54) is 44.9 Å². The van der Waals surface area contributed by atoms with Crippen LogP contribution >= 0.6 is 0 Å². The van der Waals surface area contributed by atoms with Crippen LogP contribution in [-0.4, -0.2) is 0 Å². The van der Waals surface area contributed by atoms with Crippen LogP contribution in [0.25, 0.3) is 0 Å². The van der Waals surface area contributed by atoms with Crippen molar-refractivity contribution in [3.63, 3.8) is 0 Å². The Hall–Kier alpha value is 0. The maximum Gasteiger partial charge on any atom is -0.0321 e. The van der Waals surface area contributed by atoms with E-state index in [0.29, 0.717) is 0 Å². The van der Waals surface area contributed by atoms with Gasteiger partial charge in [-0.1, -0.05) is 65.7 Å². The first-order valence-corrected chi connectivity index (χ1v) is 7.79. The lowest BCUT2D eigenvalue weighted by molar-refractivity contribution is 0.348. The molecule has 0 aromatic carbocycles. The van der Waals surface area contributed by atoms with Crippen molar-refractivity contribution in [3.05, 3.63) is 0 Å². The van der Waals surface area contributed by atoms with Crippen molar-refractivity contribution in [3.8, 4) is 0 Å². The first-order chi connectivity index (χ1) is 7.79. The molecule has 0 spiro atoms. The molecule has 4 unspecified atom stereocenters. The summed E-state index contributed by atoms with van der Waals surface area (Å²) in [6.07, 6.45) is 11.9. The number of fused-ring (bicyclic) bond motifs is 1. The zero-order chi connectivity index (χ0) is 11.5. The van der Waals surface area contributed by atoms with Gasteiger partial charge in [-0.3, -0.25) is 0 Å². The summed E-state index contributed by atoms with van der Waals surface area (Å²) in [7, 11) is 0. The lowest BCUT2D eigenvalue weighted by Crippen LogP contribution is -2.06. The Morgan fingerprint density at radius 3 is 2.19 bits per heavy atom. The van der Waals surface area contributed by atoms with Crippen molar-refractivity contribution in [2.75, 3.05) is 0 Å². The predicted molar refractivity (Wildman–Crippen MR) is 71.4 cm³/mol. The molecule has 2 aliphatic carbocycles. The highest BCUT2D eigenvalue weighted by Gasteiger charge is 2.53. The topological polar surface area (TPSA) is 0 Å². The molecule has 0 heteroatoms. The Bertz CT molecular complexity index is 204. The van der Waals surface area contributed by atoms with E-state index in [4.69, 9.17) is 0 Å². The first-order valence-electron chi connectivity index (χ1n) is 7.79. The van der Waals surface area contributed by atoms with Crippen LogP contribution in [0.15, 0.2) is 0 Å². The Morgan fingerprint density at radius 2 is 1.56 bits per heavy atom. The molecule has 2 saturated carbocycles. The average Bonchev–Trinajstić information content (AvgIpc) is 2.97. The van der Waals surface area contributed by atoms with E-state index in [0.717, 1.165) is 29.6 Å². The lowest BCUT2D eigenvalue weighted by Gasteiger charge is -2.15. The van der Waals surface area contributed by atoms with Crippen LogP contribution < -0.4 is 0 Å². The van der Waals surface area contributed by atoms with Crippen molar-refractivity contribution in [1.82, 2.24) is 0 Å². The molecule has 0 aromatic heterocycles. The zero-order valence-corrected chi connectivity index (χ0v) is 11.5. The van der Waals surface area contributed by atoms with E-state index in [-0.39, 0.29) is 0 Å². The van der Waals surface area contributed by atoms with E-state index >= 15 is 0 Å². The minimum absolute atomic E-state index is 1.02. The van der Waals surface area contributed by atoms with Gasteiger partial charge in [0.15, 0.2) is 0 Å². The van der Waals surface area contributed by atoms with Crippen molar-refractivity contribution in [2.24, 2.45) is 29.6 Å². The van der Waals surface area contributed by atoms with E-state index in [2.05, 4.69) is 20.8 Å². The number of rotatable bonds is 3. The molecule has 0 amide bonds. The van der Waals surface area contributed by atoms with Crippen LogP contribution in [0, 0.1) is 29.6 Å². The normalized spacial score (nSPS) is 39.8. The Kier molecular flexibility index (Phi) is 4.33. The molecular weight excluding hydrogens is 192 g/mol. The van der Waals surface area contributed by atoms with Crippen LogP contribution in [0.1, 0.15) is 72.1 Å². The second-order valence-corrected chi connectivity index (χ2v) is 6.36. The number of hydrogen-bond donors (Lipinski definition) is 0. The maximum atomic E-state index is 2.53. The highest BCUT2D eigenvalue weighted by atomic mass is 14.6. The third kappa shape index (κ3) is 2.46. The van der Waals surface area contributed by atoms with Crippen molar-refractivity contribution < 1.29 is 0 Å². The van der Waals surface area contributed by atoms with Gasteiger partial charge in [0.25, 0.3) is 0 Å². The Labute approximate surface area is 102 Å². The summed E-state index contributed by atoms with van der Waals surface area (Å²) in [5.41, 5.74) is 0. The standard InChI is InChI=1S/C16H30/c1-4-13(5-2)16-14-11-9-7-6-8-10-12(3)15(14)16/h12-16H,4-11H2,1-3H3. The SMILES string of the molecule is CCC(CC)C1C2CCCCCCC(C)C21. The van der Waals surface area contributed by atoms with Gasteiger partial charge in [0.1, 0.15) is 0 Å². The van der Waals surface area contributed by atoms with E-state index in [1.54, 1.807) is 6.42 Å². The van der Waals surface area contributed by atoms with Gasteiger partial charge in [0.2, 0.25) is 0 Å². The van der Waals surface area contributed by atoms with Gasteiger partial charge in [-0.2, -0.15) is 0 Å². The summed E-state index contributed by atoms with van der Waals surface area (Å²) in [5, 5.41) is 0. The molecule has 0 N–H and O–H groups in total. The van der Waals surface area contributed by atoms with Crippen molar-refractivity contribution >= 4 is 0 Å². The molecule has 2 fully saturated rings. The summed E-state index contributed by atoms with van der Waals surface area (Å²) in [5.74, 6) is 5.41. The maximum absolute atomic E-state index is 2.53. The quantitative estimate of drug-likeness (QED) is 0.610. The highest BCUT2D eigenvalue weighted by molar-refractivity contribution is 5.02. The number of hydrogen-bond acceptors (Lipinski definition) is 0. The highest BCUT2D eigenvalue weighted by Crippen LogP contribution is 2.60. The molecule has 0 nitrogen and oxygen atoms in total. The van der Waals surface area contributed by atoms with Crippen LogP contribution in [0.5, 0.6) is 0 Å². The van der Waals surface area contributed by atoms with Gasteiger partial charge in [-0.25, -0.2) is 0 Å². The van der Waals surface area contributed by atoms with Gasteiger partial charge < -0.3 is 0 Å². The summed E-state index contributed by atoms with van der Waals surface area (Å²) < 4.78 is 0. The van der Waals surface area contributed by atoms with E-state index in [1.807, 2.05) is 0 Å². The summed E-state index contributed by atoms with van der Waals surface area (Å²) >= 11 is 0. The second kappa shape index (κ2) is 5.56. The molecule has 0 radical (unpaired) electrons. The fourth-order valence-electron chi connectivity index (χ4n) is 4.50. The van der Waals surface area contributed by atoms with Crippen LogP contribution in [-0.2, 0) is 0 Å².